The maximum atomic E-state index is 15.7. The van der Waals surface area contributed by atoms with Crippen LogP contribution in [0.5, 0.6) is 0 Å². The molecule has 0 spiro atoms. The Labute approximate surface area is 306 Å². The van der Waals surface area contributed by atoms with E-state index in [4.69, 9.17) is 4.98 Å². The van der Waals surface area contributed by atoms with Gasteiger partial charge in [-0.15, -0.1) is 0 Å². The van der Waals surface area contributed by atoms with Crippen LogP contribution in [0.25, 0.3) is 22.3 Å². The largest absolute Gasteiger partial charge is 0.373 e. The molecule has 2 aliphatic carbocycles. The lowest BCUT2D eigenvalue weighted by atomic mass is 9.82. The lowest BCUT2D eigenvalue weighted by Gasteiger charge is -2.50. The van der Waals surface area contributed by atoms with Crippen molar-refractivity contribution < 1.29 is 27.5 Å². The maximum Gasteiger partial charge on any atom is 0.261 e. The van der Waals surface area contributed by atoms with Gasteiger partial charge in [0, 0.05) is 45.9 Å². The Kier molecular flexibility index (Phi) is 8.75. The van der Waals surface area contributed by atoms with Crippen LogP contribution in [0.2, 0.25) is 0 Å². The number of fused-ring (bicyclic) bond motifs is 2. The van der Waals surface area contributed by atoms with E-state index in [9.17, 15) is 18.7 Å². The fraction of sp³-hybridized carbons (Fsp3) is 0.525. The molecule has 3 N–H and O–H groups in total. The summed E-state index contributed by atoms with van der Waals surface area (Å²) in [6, 6.07) is 9.69. The monoisotopic (exact) mass is 733 g/mol. The first kappa shape index (κ1) is 35.8. The van der Waals surface area contributed by atoms with Gasteiger partial charge in [0.15, 0.2) is 17.5 Å². The second-order valence-corrected chi connectivity index (χ2v) is 16.3. The average Bonchev–Trinajstić information content (AvgIpc) is 3.72. The van der Waals surface area contributed by atoms with Gasteiger partial charge in [-0.3, -0.25) is 4.79 Å². The second-order valence-electron chi connectivity index (χ2n) is 16.3. The summed E-state index contributed by atoms with van der Waals surface area (Å²) < 4.78 is 60.3. The van der Waals surface area contributed by atoms with E-state index in [2.05, 4.69) is 39.3 Å². The van der Waals surface area contributed by atoms with Crippen molar-refractivity contribution >= 4 is 34.1 Å². The summed E-state index contributed by atoms with van der Waals surface area (Å²) in [5.74, 6) is -3.20. The molecule has 0 radical (unpaired) electrons. The molecule has 2 aromatic carbocycles. The molecule has 13 heteroatoms. The van der Waals surface area contributed by atoms with Crippen molar-refractivity contribution in [1.29, 1.82) is 0 Å². The van der Waals surface area contributed by atoms with E-state index in [0.717, 1.165) is 48.8 Å². The predicted molar refractivity (Wildman–Crippen MR) is 197 cm³/mol. The molecule has 3 fully saturated rings. The number of nitrogens with zero attached hydrogens (tertiary/aromatic N) is 5. The summed E-state index contributed by atoms with van der Waals surface area (Å²) >= 11 is 0. The number of imidazole rings is 1. The number of aliphatic hydroxyl groups excluding tert-OH is 1. The molecule has 2 aromatic heterocycles. The van der Waals surface area contributed by atoms with E-state index in [1.54, 1.807) is 6.33 Å². The van der Waals surface area contributed by atoms with E-state index in [1.807, 2.05) is 42.7 Å². The minimum Gasteiger partial charge on any atom is -0.373 e. The molecule has 2 saturated carbocycles. The minimum absolute atomic E-state index is 0.0632. The van der Waals surface area contributed by atoms with Gasteiger partial charge in [0.1, 0.15) is 17.3 Å². The molecule has 53 heavy (non-hydrogen) atoms. The standard InChI is InChI=1S/C40H47F4N7O2/c1-21(2)50-20-45-30-19-28(23-9-10-27-31(15-23)51(38(53)39(27,4)5)25-16-24(17-25)49-13-7-6-8-14-49)46-35(34(30)50)47-29-18-26(22(3)32(41)33(29)42)36(52)48-40(11-12-40)37(43)44/h9-10,15,18-21,24-25,37-38,53H,6-8,11-14,16-17H2,1-5H3,(H,46,47)(H,48,52). The van der Waals surface area contributed by atoms with E-state index >= 15 is 8.78 Å². The molecule has 0 bridgehead atoms. The molecular weight excluding hydrogens is 686 g/mol. The predicted octanol–water partition coefficient (Wildman–Crippen LogP) is 7.97. The zero-order valence-electron chi connectivity index (χ0n) is 30.8. The highest BCUT2D eigenvalue weighted by molar-refractivity contribution is 5.98. The molecule has 1 atom stereocenters. The number of likely N-dealkylation sites (tertiary alicyclic amines) is 1. The Morgan fingerprint density at radius 3 is 2.38 bits per heavy atom. The fourth-order valence-electron chi connectivity index (χ4n) is 8.52. The number of hydrogen-bond donors (Lipinski definition) is 3. The molecule has 1 amide bonds. The van der Waals surface area contributed by atoms with E-state index in [1.165, 1.54) is 26.2 Å². The third-order valence-electron chi connectivity index (χ3n) is 12.2. The van der Waals surface area contributed by atoms with Crippen LogP contribution in [0.3, 0.4) is 0 Å². The van der Waals surface area contributed by atoms with Gasteiger partial charge in [0.2, 0.25) is 0 Å². The van der Waals surface area contributed by atoms with Crippen LogP contribution >= 0.6 is 0 Å². The number of amides is 1. The Morgan fingerprint density at radius 1 is 1.00 bits per heavy atom. The van der Waals surface area contributed by atoms with Crippen LogP contribution in [0.15, 0.2) is 36.7 Å². The van der Waals surface area contributed by atoms with Gasteiger partial charge in [-0.2, -0.15) is 0 Å². The molecule has 1 saturated heterocycles. The van der Waals surface area contributed by atoms with Gasteiger partial charge >= 0.3 is 0 Å². The zero-order valence-corrected chi connectivity index (χ0v) is 30.8. The summed E-state index contributed by atoms with van der Waals surface area (Å²) in [6.07, 6.45) is 4.13. The highest BCUT2D eigenvalue weighted by atomic mass is 19.3. The van der Waals surface area contributed by atoms with E-state index in [0.29, 0.717) is 22.8 Å². The average molecular weight is 734 g/mol. The molecule has 9 nitrogen and oxygen atoms in total. The van der Waals surface area contributed by atoms with E-state index in [-0.39, 0.29) is 47.6 Å². The molecule has 4 heterocycles. The van der Waals surface area contributed by atoms with Crippen LogP contribution in [0, 0.1) is 18.6 Å². The highest BCUT2D eigenvalue weighted by Crippen LogP contribution is 2.50. The second kappa shape index (κ2) is 13.0. The first-order valence-electron chi connectivity index (χ1n) is 18.8. The molecule has 282 valence electrons. The summed E-state index contributed by atoms with van der Waals surface area (Å²) in [7, 11) is 0. The number of halogens is 4. The van der Waals surface area contributed by atoms with Crippen LogP contribution in [-0.4, -0.2) is 73.8 Å². The number of hydrogen-bond acceptors (Lipinski definition) is 7. The quantitative estimate of drug-likeness (QED) is 0.150. The van der Waals surface area contributed by atoms with Crippen molar-refractivity contribution in [1.82, 2.24) is 24.8 Å². The first-order chi connectivity index (χ1) is 25.2. The summed E-state index contributed by atoms with van der Waals surface area (Å²) in [5.41, 5.74) is 1.33. The van der Waals surface area contributed by atoms with Crippen LogP contribution < -0.4 is 15.5 Å². The molecule has 2 aliphatic heterocycles. The summed E-state index contributed by atoms with van der Waals surface area (Å²) in [5, 5.41) is 17.0. The molecule has 8 rings (SSSR count). The number of carbonyl (C=O) groups excluding carboxylic acids is 1. The molecule has 1 unspecified atom stereocenters. The number of piperidine rings is 1. The van der Waals surface area contributed by atoms with Gasteiger partial charge < -0.3 is 30.1 Å². The van der Waals surface area contributed by atoms with Gasteiger partial charge in [-0.05, 0) is 96.1 Å². The lowest BCUT2D eigenvalue weighted by molar-refractivity contribution is 0.0502. The minimum atomic E-state index is -2.78. The number of nitrogens with one attached hydrogen (secondary N) is 2. The number of carbonyl (C=O) groups is 1. The number of alkyl halides is 2. The number of benzene rings is 2. The van der Waals surface area contributed by atoms with Gasteiger partial charge in [-0.1, -0.05) is 32.4 Å². The smallest absolute Gasteiger partial charge is 0.261 e. The van der Waals surface area contributed by atoms with Crippen molar-refractivity contribution in [2.75, 3.05) is 23.3 Å². The topological polar surface area (TPSA) is 98.6 Å². The van der Waals surface area contributed by atoms with Gasteiger partial charge in [0.25, 0.3) is 12.3 Å². The van der Waals surface area contributed by atoms with Crippen molar-refractivity contribution in [3.05, 3.63) is 65.0 Å². The normalized spacial score (nSPS) is 23.4. The number of aliphatic hydroxyl groups is 1. The Morgan fingerprint density at radius 2 is 1.72 bits per heavy atom. The Balaban J connectivity index is 1.16. The van der Waals surface area contributed by atoms with Crippen molar-refractivity contribution in [3.63, 3.8) is 0 Å². The number of anilines is 3. The van der Waals surface area contributed by atoms with Crippen LogP contribution in [0.4, 0.5) is 34.8 Å². The highest BCUT2D eigenvalue weighted by Gasteiger charge is 2.53. The van der Waals surface area contributed by atoms with Crippen molar-refractivity contribution in [2.24, 2.45) is 0 Å². The lowest BCUT2D eigenvalue weighted by Crippen LogP contribution is -2.58. The molecule has 4 aromatic rings. The third kappa shape index (κ3) is 5.94. The maximum absolute atomic E-state index is 15.7. The third-order valence-corrected chi connectivity index (χ3v) is 12.2. The summed E-state index contributed by atoms with van der Waals surface area (Å²) in [4.78, 5) is 27.6. The van der Waals surface area contributed by atoms with E-state index < -0.39 is 41.1 Å². The fourth-order valence-corrected chi connectivity index (χ4v) is 8.52. The molecular formula is C40H47F4N7O2. The van der Waals surface area contributed by atoms with Crippen molar-refractivity contribution in [2.45, 2.75) is 121 Å². The van der Waals surface area contributed by atoms with Gasteiger partial charge in [-0.25, -0.2) is 27.5 Å². The van der Waals surface area contributed by atoms with Gasteiger partial charge in [0.05, 0.1) is 23.2 Å². The number of pyridine rings is 1. The Bertz CT molecular complexity index is 2080. The molecule has 4 aliphatic rings. The zero-order chi connectivity index (χ0) is 37.6. The Hall–Kier alpha value is -4.23. The SMILES string of the molecule is Cc1c(C(=O)NC2(C(F)F)CC2)cc(Nc2nc(-c3ccc4c(c3)N(C3CC(N5CCCCC5)C3)C(O)C4(C)C)cc3ncn(C(C)C)c23)c(F)c1F. The number of rotatable bonds is 9. The first-order valence-corrected chi connectivity index (χ1v) is 18.8. The summed E-state index contributed by atoms with van der Waals surface area (Å²) in [6.45, 7) is 11.6. The van der Waals surface area contributed by atoms with Crippen LogP contribution in [-0.2, 0) is 5.41 Å². The number of aromatic nitrogens is 3. The van der Waals surface area contributed by atoms with Crippen LogP contribution in [0.1, 0.15) is 100 Å². The van der Waals surface area contributed by atoms with Crippen molar-refractivity contribution in [3.8, 4) is 11.3 Å².